The van der Waals surface area contributed by atoms with Crippen molar-refractivity contribution in [3.05, 3.63) is 35.9 Å². The second kappa shape index (κ2) is 13.4. The number of carbonyl (C=O) groups is 5. The number of primary amides is 1. The first-order chi connectivity index (χ1) is 15.5. The molecular weight excluding hydrogens is 454 g/mol. The molecule has 1 aromatic carbocycles. The van der Waals surface area contributed by atoms with Crippen LogP contribution in [0.2, 0.25) is 0 Å². The smallest absolute Gasteiger partial charge is 0.327 e. The van der Waals surface area contributed by atoms with Crippen LogP contribution < -0.4 is 27.4 Å². The summed E-state index contributed by atoms with van der Waals surface area (Å²) in [5.41, 5.74) is 11.5. The molecule has 0 aliphatic heterocycles. The summed E-state index contributed by atoms with van der Waals surface area (Å²) in [4.78, 5) is 60.4. The Bertz CT molecular complexity index is 852. The standard InChI is InChI=1S/C20H29N5O7S/c1-10(26)16(22)19(30)24-12(7-11-5-3-2-4-6-11)17(28)23-13(8-15(21)27)18(29)25-14(9-33)20(31)32/h2-6,10,12-14,16,26,33H,7-9,22H2,1H3,(H2,21,27)(H,23,28)(H,24,30)(H,25,29)(H,31,32). The number of rotatable bonds is 13. The highest BCUT2D eigenvalue weighted by Gasteiger charge is 2.31. The van der Waals surface area contributed by atoms with Gasteiger partial charge in [-0.25, -0.2) is 4.79 Å². The summed E-state index contributed by atoms with van der Waals surface area (Å²) in [5, 5.41) is 25.6. The van der Waals surface area contributed by atoms with Crippen LogP contribution in [0.3, 0.4) is 0 Å². The van der Waals surface area contributed by atoms with Crippen molar-refractivity contribution in [2.75, 3.05) is 5.75 Å². The van der Waals surface area contributed by atoms with Crippen molar-refractivity contribution in [2.24, 2.45) is 11.5 Å². The Morgan fingerprint density at radius 1 is 0.939 bits per heavy atom. The van der Waals surface area contributed by atoms with Gasteiger partial charge in [-0.05, 0) is 12.5 Å². The summed E-state index contributed by atoms with van der Waals surface area (Å²) in [5.74, 6) is -5.13. The van der Waals surface area contributed by atoms with Crippen molar-refractivity contribution < 1.29 is 34.2 Å². The van der Waals surface area contributed by atoms with Gasteiger partial charge in [-0.2, -0.15) is 12.6 Å². The fraction of sp³-hybridized carbons (Fsp3) is 0.450. The lowest BCUT2D eigenvalue weighted by Gasteiger charge is -2.25. The number of carboxylic acids is 1. The summed E-state index contributed by atoms with van der Waals surface area (Å²) in [7, 11) is 0. The molecule has 1 rings (SSSR count). The monoisotopic (exact) mass is 483 g/mol. The number of hydrogen-bond donors (Lipinski definition) is 8. The molecular formula is C20H29N5O7S. The van der Waals surface area contributed by atoms with Crippen molar-refractivity contribution in [1.29, 1.82) is 0 Å². The molecule has 0 heterocycles. The number of aliphatic hydroxyl groups excluding tert-OH is 1. The van der Waals surface area contributed by atoms with Gasteiger partial charge < -0.3 is 37.6 Å². The van der Waals surface area contributed by atoms with Crippen LogP contribution in [0, 0.1) is 0 Å². The highest BCUT2D eigenvalue weighted by Crippen LogP contribution is 2.06. The maximum Gasteiger partial charge on any atom is 0.327 e. The first-order valence-electron chi connectivity index (χ1n) is 9.96. The van der Waals surface area contributed by atoms with Crippen LogP contribution in [0.25, 0.3) is 0 Å². The molecule has 0 fully saturated rings. The minimum atomic E-state index is -1.50. The molecule has 12 nitrogen and oxygen atoms in total. The van der Waals surface area contributed by atoms with E-state index < -0.39 is 66.3 Å². The highest BCUT2D eigenvalue weighted by molar-refractivity contribution is 7.80. The first-order valence-corrected chi connectivity index (χ1v) is 10.6. The lowest BCUT2D eigenvalue weighted by molar-refractivity contribution is -0.141. The van der Waals surface area contributed by atoms with E-state index in [4.69, 9.17) is 16.6 Å². The molecule has 0 aromatic heterocycles. The predicted molar refractivity (Wildman–Crippen MR) is 121 cm³/mol. The summed E-state index contributed by atoms with van der Waals surface area (Å²) >= 11 is 3.84. The van der Waals surface area contributed by atoms with Crippen molar-refractivity contribution in [1.82, 2.24) is 16.0 Å². The maximum atomic E-state index is 13.0. The molecule has 4 amide bonds. The molecule has 0 spiro atoms. The Morgan fingerprint density at radius 2 is 1.45 bits per heavy atom. The second-order valence-electron chi connectivity index (χ2n) is 7.33. The van der Waals surface area contributed by atoms with Crippen molar-refractivity contribution in [2.45, 2.75) is 50.0 Å². The Kier molecular flexibility index (Phi) is 11.3. The van der Waals surface area contributed by atoms with Gasteiger partial charge in [0.25, 0.3) is 0 Å². The largest absolute Gasteiger partial charge is 0.480 e. The predicted octanol–water partition coefficient (Wildman–Crippen LogP) is -2.72. The van der Waals surface area contributed by atoms with E-state index >= 15 is 0 Å². The van der Waals surface area contributed by atoms with Crippen LogP contribution >= 0.6 is 12.6 Å². The van der Waals surface area contributed by atoms with Gasteiger partial charge in [0, 0.05) is 12.2 Å². The topological polar surface area (TPSA) is 214 Å². The van der Waals surface area contributed by atoms with Gasteiger partial charge in [-0.15, -0.1) is 0 Å². The molecule has 182 valence electrons. The number of benzene rings is 1. The van der Waals surface area contributed by atoms with Crippen LogP contribution in [0.5, 0.6) is 0 Å². The number of aliphatic hydroxyl groups is 1. The zero-order valence-corrected chi connectivity index (χ0v) is 18.8. The van der Waals surface area contributed by atoms with Gasteiger partial charge in [0.2, 0.25) is 23.6 Å². The lowest BCUT2D eigenvalue weighted by Crippen LogP contribution is -2.59. The number of carboxylic acid groups (broad SMARTS) is 1. The molecule has 0 bridgehead atoms. The molecule has 1 aromatic rings. The maximum absolute atomic E-state index is 13.0. The molecule has 0 aliphatic carbocycles. The van der Waals surface area contributed by atoms with E-state index in [0.29, 0.717) is 5.56 Å². The average Bonchev–Trinajstić information content (AvgIpc) is 2.75. The van der Waals surface area contributed by atoms with Crippen LogP contribution in [0.4, 0.5) is 0 Å². The number of thiol groups is 1. The normalized spacial score (nSPS) is 15.3. The Balaban J connectivity index is 3.09. The molecule has 0 aliphatic rings. The molecule has 33 heavy (non-hydrogen) atoms. The first kappa shape index (κ1) is 27.9. The molecule has 0 saturated heterocycles. The number of amides is 4. The zero-order valence-electron chi connectivity index (χ0n) is 17.9. The Morgan fingerprint density at radius 3 is 1.94 bits per heavy atom. The van der Waals surface area contributed by atoms with E-state index in [1.54, 1.807) is 30.3 Å². The summed E-state index contributed by atoms with van der Waals surface area (Å²) in [6, 6.07) is 3.21. The van der Waals surface area contributed by atoms with Gasteiger partial charge in [0.15, 0.2) is 0 Å². The number of nitrogens with one attached hydrogen (secondary N) is 3. The van der Waals surface area contributed by atoms with Crippen LogP contribution in [-0.2, 0) is 30.4 Å². The van der Waals surface area contributed by atoms with Gasteiger partial charge in [-0.3, -0.25) is 19.2 Å². The van der Waals surface area contributed by atoms with E-state index in [1.807, 2.05) is 0 Å². The minimum Gasteiger partial charge on any atom is -0.480 e. The van der Waals surface area contributed by atoms with Crippen LogP contribution in [-0.4, -0.2) is 75.8 Å². The summed E-state index contributed by atoms with van der Waals surface area (Å²) in [6.07, 6.45) is -1.80. The summed E-state index contributed by atoms with van der Waals surface area (Å²) in [6.45, 7) is 1.31. The third kappa shape index (κ3) is 9.47. The molecule has 5 unspecified atom stereocenters. The van der Waals surface area contributed by atoms with Crippen molar-refractivity contribution in [3.63, 3.8) is 0 Å². The van der Waals surface area contributed by atoms with E-state index in [1.165, 1.54) is 6.92 Å². The Labute approximate surface area is 195 Å². The second-order valence-corrected chi connectivity index (χ2v) is 7.70. The number of nitrogens with two attached hydrogens (primary N) is 2. The number of carbonyl (C=O) groups excluding carboxylic acids is 4. The Hall–Kier alpha value is -3.16. The molecule has 13 heteroatoms. The van der Waals surface area contributed by atoms with E-state index in [2.05, 4.69) is 28.6 Å². The molecule has 9 N–H and O–H groups in total. The summed E-state index contributed by atoms with van der Waals surface area (Å²) < 4.78 is 0. The fourth-order valence-corrected chi connectivity index (χ4v) is 2.93. The highest BCUT2D eigenvalue weighted by atomic mass is 32.1. The van der Waals surface area contributed by atoms with Crippen LogP contribution in [0.1, 0.15) is 18.9 Å². The quantitative estimate of drug-likeness (QED) is 0.138. The van der Waals surface area contributed by atoms with Crippen molar-refractivity contribution >= 4 is 42.2 Å². The molecule has 0 saturated carbocycles. The van der Waals surface area contributed by atoms with Gasteiger partial charge in [0.1, 0.15) is 24.2 Å². The average molecular weight is 484 g/mol. The van der Waals surface area contributed by atoms with Crippen molar-refractivity contribution in [3.8, 4) is 0 Å². The minimum absolute atomic E-state index is 0.00421. The number of hydrogen-bond acceptors (Lipinski definition) is 8. The van der Waals surface area contributed by atoms with Gasteiger partial charge in [-0.1, -0.05) is 30.3 Å². The van der Waals surface area contributed by atoms with Gasteiger partial charge >= 0.3 is 5.97 Å². The van der Waals surface area contributed by atoms with E-state index in [0.717, 1.165) is 0 Å². The molecule has 0 radical (unpaired) electrons. The third-order valence-corrected chi connectivity index (χ3v) is 4.94. The van der Waals surface area contributed by atoms with Crippen LogP contribution in [0.15, 0.2) is 30.3 Å². The zero-order chi connectivity index (χ0) is 25.1. The SMILES string of the molecule is CC(O)C(N)C(=O)NC(Cc1ccccc1)C(=O)NC(CC(N)=O)C(=O)NC(CS)C(=O)O. The lowest BCUT2D eigenvalue weighted by atomic mass is 10.0. The van der Waals surface area contributed by atoms with Gasteiger partial charge in [0.05, 0.1) is 12.5 Å². The van der Waals surface area contributed by atoms with E-state index in [-0.39, 0.29) is 12.2 Å². The third-order valence-electron chi connectivity index (χ3n) is 4.57. The fourth-order valence-electron chi connectivity index (χ4n) is 2.69. The molecule has 5 atom stereocenters. The number of aliphatic carboxylic acids is 1. The van der Waals surface area contributed by atoms with E-state index in [9.17, 15) is 29.1 Å².